The Morgan fingerprint density at radius 3 is 2.79 bits per heavy atom. The highest BCUT2D eigenvalue weighted by atomic mass is 16.3. The molecule has 0 spiro atoms. The third-order valence-electron chi connectivity index (χ3n) is 4.00. The molecule has 1 aliphatic carbocycles. The topological polar surface area (TPSA) is 87.3 Å². The molecule has 1 saturated carbocycles. The molecule has 0 radical (unpaired) electrons. The standard InChI is InChI=1S/C13H21N5O/c1-8-7-18(5-4-10(8)19)12-6-11(17-14)15-13(16-12)9-2-3-9/h6,8-10,19H,2-5,7,14H2,1H3,(H,15,16,17). The van der Waals surface area contributed by atoms with Gasteiger partial charge in [-0.05, 0) is 25.2 Å². The summed E-state index contributed by atoms with van der Waals surface area (Å²) in [5.74, 6) is 8.74. The molecule has 6 heteroatoms. The number of anilines is 2. The lowest BCUT2D eigenvalue weighted by molar-refractivity contribution is 0.0969. The quantitative estimate of drug-likeness (QED) is 0.553. The van der Waals surface area contributed by atoms with Crippen LogP contribution in [0.5, 0.6) is 0 Å². The van der Waals surface area contributed by atoms with Crippen molar-refractivity contribution in [2.24, 2.45) is 11.8 Å². The van der Waals surface area contributed by atoms with Crippen molar-refractivity contribution in [3.05, 3.63) is 11.9 Å². The Labute approximate surface area is 113 Å². The van der Waals surface area contributed by atoms with Gasteiger partial charge >= 0.3 is 0 Å². The molecule has 3 rings (SSSR count). The highest BCUT2D eigenvalue weighted by molar-refractivity contribution is 5.49. The van der Waals surface area contributed by atoms with E-state index in [1.807, 2.05) is 6.07 Å². The van der Waals surface area contributed by atoms with Gasteiger partial charge in [-0.15, -0.1) is 0 Å². The van der Waals surface area contributed by atoms with Gasteiger partial charge in [0.05, 0.1) is 6.10 Å². The van der Waals surface area contributed by atoms with Crippen LogP contribution in [-0.2, 0) is 0 Å². The van der Waals surface area contributed by atoms with Crippen molar-refractivity contribution in [1.82, 2.24) is 9.97 Å². The summed E-state index contributed by atoms with van der Waals surface area (Å²) in [4.78, 5) is 11.3. The van der Waals surface area contributed by atoms with Crippen LogP contribution in [0.3, 0.4) is 0 Å². The molecule has 2 atom stereocenters. The van der Waals surface area contributed by atoms with Crippen molar-refractivity contribution >= 4 is 11.6 Å². The number of nitrogens with zero attached hydrogens (tertiary/aromatic N) is 3. The van der Waals surface area contributed by atoms with E-state index < -0.39 is 0 Å². The molecule has 104 valence electrons. The first-order valence-electron chi connectivity index (χ1n) is 6.96. The summed E-state index contributed by atoms with van der Waals surface area (Å²) < 4.78 is 0. The van der Waals surface area contributed by atoms with Crippen molar-refractivity contribution in [3.8, 4) is 0 Å². The Morgan fingerprint density at radius 2 is 2.16 bits per heavy atom. The lowest BCUT2D eigenvalue weighted by Crippen LogP contribution is -2.42. The van der Waals surface area contributed by atoms with Crippen LogP contribution >= 0.6 is 0 Å². The highest BCUT2D eigenvalue weighted by Gasteiger charge is 2.29. The van der Waals surface area contributed by atoms with Crippen molar-refractivity contribution in [2.75, 3.05) is 23.4 Å². The maximum atomic E-state index is 9.80. The normalized spacial score (nSPS) is 27.4. The highest BCUT2D eigenvalue weighted by Crippen LogP contribution is 2.39. The van der Waals surface area contributed by atoms with Gasteiger partial charge in [0, 0.05) is 25.1 Å². The van der Waals surface area contributed by atoms with Crippen LogP contribution in [0.25, 0.3) is 0 Å². The van der Waals surface area contributed by atoms with Crippen molar-refractivity contribution in [2.45, 2.75) is 38.2 Å². The Bertz CT molecular complexity index is 462. The molecule has 1 aromatic rings. The number of hydrazine groups is 1. The number of hydrogen-bond acceptors (Lipinski definition) is 6. The van der Waals surface area contributed by atoms with Gasteiger partial charge in [-0.25, -0.2) is 15.8 Å². The van der Waals surface area contributed by atoms with Crippen LogP contribution in [0.1, 0.15) is 37.9 Å². The lowest BCUT2D eigenvalue weighted by Gasteiger charge is -2.35. The first kappa shape index (κ1) is 12.6. The van der Waals surface area contributed by atoms with Gasteiger partial charge < -0.3 is 15.4 Å². The summed E-state index contributed by atoms with van der Waals surface area (Å²) in [6, 6.07) is 1.89. The van der Waals surface area contributed by atoms with Gasteiger partial charge in [-0.3, -0.25) is 0 Å². The predicted octanol–water partition coefficient (Wildman–Crippen LogP) is 0.847. The number of aromatic nitrogens is 2. The number of aliphatic hydroxyl groups excluding tert-OH is 1. The SMILES string of the molecule is CC1CN(c2cc(NN)nc(C3CC3)n2)CCC1O. The third kappa shape index (κ3) is 2.64. The Kier molecular flexibility index (Phi) is 3.28. The smallest absolute Gasteiger partial charge is 0.145 e. The summed E-state index contributed by atoms with van der Waals surface area (Å²) in [5.41, 5.74) is 2.62. The number of nitrogens with one attached hydrogen (secondary N) is 1. The second-order valence-electron chi connectivity index (χ2n) is 5.67. The maximum Gasteiger partial charge on any atom is 0.145 e. The van der Waals surface area contributed by atoms with E-state index in [0.717, 1.165) is 31.2 Å². The second kappa shape index (κ2) is 4.94. The zero-order valence-corrected chi connectivity index (χ0v) is 11.2. The molecule has 6 nitrogen and oxygen atoms in total. The number of rotatable bonds is 3. The van der Waals surface area contributed by atoms with Gasteiger partial charge in [0.1, 0.15) is 17.5 Å². The summed E-state index contributed by atoms with van der Waals surface area (Å²) in [6.07, 6.45) is 2.92. The van der Waals surface area contributed by atoms with Crippen LogP contribution < -0.4 is 16.2 Å². The molecule has 0 bridgehead atoms. The minimum absolute atomic E-state index is 0.201. The van der Waals surface area contributed by atoms with Gasteiger partial charge in [-0.1, -0.05) is 6.92 Å². The first-order valence-corrected chi connectivity index (χ1v) is 6.96. The molecule has 0 amide bonds. The first-order chi connectivity index (χ1) is 9.17. The number of nitrogens with two attached hydrogens (primary N) is 1. The van der Waals surface area contributed by atoms with Crippen molar-refractivity contribution in [1.29, 1.82) is 0 Å². The number of hydrogen-bond donors (Lipinski definition) is 3. The molecule has 0 aromatic carbocycles. The molecule has 19 heavy (non-hydrogen) atoms. The molecule has 2 heterocycles. The van der Waals surface area contributed by atoms with Gasteiger partial charge in [0.15, 0.2) is 0 Å². The molecule has 2 fully saturated rings. The minimum atomic E-state index is -0.201. The minimum Gasteiger partial charge on any atom is -0.393 e. The van der Waals surface area contributed by atoms with Gasteiger partial charge in [-0.2, -0.15) is 0 Å². The fourth-order valence-electron chi connectivity index (χ4n) is 2.55. The number of piperidine rings is 1. The molecule has 1 aromatic heterocycles. The van der Waals surface area contributed by atoms with Crippen LogP contribution in [0.2, 0.25) is 0 Å². The van der Waals surface area contributed by atoms with E-state index in [1.165, 1.54) is 12.8 Å². The molecule has 2 aliphatic rings. The van der Waals surface area contributed by atoms with Crippen LogP contribution in [-0.4, -0.2) is 34.3 Å². The molecular formula is C13H21N5O. The van der Waals surface area contributed by atoms with E-state index in [9.17, 15) is 5.11 Å². The molecule has 1 saturated heterocycles. The number of aliphatic hydroxyl groups is 1. The third-order valence-corrected chi connectivity index (χ3v) is 4.00. The zero-order valence-electron chi connectivity index (χ0n) is 11.2. The van der Waals surface area contributed by atoms with E-state index in [2.05, 4.69) is 27.2 Å². The van der Waals surface area contributed by atoms with Crippen molar-refractivity contribution < 1.29 is 5.11 Å². The fourth-order valence-corrected chi connectivity index (χ4v) is 2.55. The summed E-state index contributed by atoms with van der Waals surface area (Å²) in [6.45, 7) is 3.73. The average Bonchev–Trinajstić information content (AvgIpc) is 3.26. The Morgan fingerprint density at radius 1 is 1.37 bits per heavy atom. The average molecular weight is 263 g/mol. The Hall–Kier alpha value is -1.40. The van der Waals surface area contributed by atoms with E-state index in [1.54, 1.807) is 0 Å². The lowest BCUT2D eigenvalue weighted by atomic mass is 9.97. The van der Waals surface area contributed by atoms with Gasteiger partial charge in [0.25, 0.3) is 0 Å². The summed E-state index contributed by atoms with van der Waals surface area (Å²) >= 11 is 0. The predicted molar refractivity (Wildman–Crippen MR) is 73.8 cm³/mol. The summed E-state index contributed by atoms with van der Waals surface area (Å²) in [7, 11) is 0. The maximum absolute atomic E-state index is 9.80. The van der Waals surface area contributed by atoms with Crippen LogP contribution in [0, 0.1) is 5.92 Å². The van der Waals surface area contributed by atoms with E-state index in [0.29, 0.717) is 11.7 Å². The second-order valence-corrected chi connectivity index (χ2v) is 5.67. The number of nitrogen functional groups attached to an aromatic ring is 1. The zero-order chi connectivity index (χ0) is 13.4. The molecular weight excluding hydrogens is 242 g/mol. The molecule has 1 aliphatic heterocycles. The van der Waals surface area contributed by atoms with Gasteiger partial charge in [0.2, 0.25) is 0 Å². The monoisotopic (exact) mass is 263 g/mol. The summed E-state index contributed by atoms with van der Waals surface area (Å²) in [5, 5.41) is 9.80. The van der Waals surface area contributed by atoms with E-state index in [-0.39, 0.29) is 12.0 Å². The van der Waals surface area contributed by atoms with Crippen molar-refractivity contribution in [3.63, 3.8) is 0 Å². The van der Waals surface area contributed by atoms with Crippen LogP contribution in [0.15, 0.2) is 6.07 Å². The van der Waals surface area contributed by atoms with E-state index >= 15 is 0 Å². The Balaban J connectivity index is 1.84. The van der Waals surface area contributed by atoms with E-state index in [4.69, 9.17) is 5.84 Å². The molecule has 4 N–H and O–H groups in total. The largest absolute Gasteiger partial charge is 0.393 e. The fraction of sp³-hybridized carbons (Fsp3) is 0.692. The molecule has 2 unspecified atom stereocenters. The van der Waals surface area contributed by atoms with Crippen LogP contribution in [0.4, 0.5) is 11.6 Å².